The third-order valence-corrected chi connectivity index (χ3v) is 4.12. The van der Waals surface area contributed by atoms with Gasteiger partial charge in [-0.1, -0.05) is 29.8 Å². The maximum atomic E-state index is 11.7. The van der Waals surface area contributed by atoms with Crippen molar-refractivity contribution >= 4 is 27.3 Å². The van der Waals surface area contributed by atoms with Gasteiger partial charge in [0.1, 0.15) is 0 Å². The van der Waals surface area contributed by atoms with Crippen LogP contribution in [0.2, 0.25) is 5.02 Å². The fourth-order valence-electron chi connectivity index (χ4n) is 1.27. The molecule has 1 aromatic rings. The van der Waals surface area contributed by atoms with Gasteiger partial charge in [-0.05, 0) is 11.6 Å². The Kier molecular flexibility index (Phi) is 4.50. The van der Waals surface area contributed by atoms with Crippen LogP contribution >= 0.6 is 11.6 Å². The van der Waals surface area contributed by atoms with Crippen LogP contribution in [0.4, 0.5) is 0 Å². The average Bonchev–Trinajstić information content (AvgIpc) is 2.20. The molecule has 0 aliphatic rings. The third-order valence-electron chi connectivity index (χ3n) is 2.13. The van der Waals surface area contributed by atoms with Gasteiger partial charge in [-0.2, -0.15) is 0 Å². The molecule has 0 saturated heterocycles. The van der Waals surface area contributed by atoms with Crippen molar-refractivity contribution < 1.29 is 13.2 Å². The number of hydrogen-bond donors (Lipinski definition) is 2. The first-order valence-electron chi connectivity index (χ1n) is 4.80. The molecule has 0 aliphatic heterocycles. The Morgan fingerprint density at radius 1 is 1.35 bits per heavy atom. The second-order valence-corrected chi connectivity index (χ2v) is 6.17. The minimum Gasteiger partial charge on any atom is -0.368 e. The normalized spacial score (nSPS) is 13.3. The highest BCUT2D eigenvalue weighted by molar-refractivity contribution is 7.90. The summed E-state index contributed by atoms with van der Waals surface area (Å²) < 4.78 is 23.4. The molecule has 1 aromatic carbocycles. The maximum absolute atomic E-state index is 11.7. The van der Waals surface area contributed by atoms with Gasteiger partial charge < -0.3 is 11.5 Å². The average molecular weight is 277 g/mol. The number of benzene rings is 1. The molecular weight excluding hydrogens is 264 g/mol. The molecule has 1 amide bonds. The van der Waals surface area contributed by atoms with E-state index < -0.39 is 27.5 Å². The molecule has 0 heterocycles. The van der Waals surface area contributed by atoms with Gasteiger partial charge in [-0.15, -0.1) is 0 Å². The molecule has 1 unspecified atom stereocenters. The van der Waals surface area contributed by atoms with Crippen molar-refractivity contribution in [2.45, 2.75) is 11.8 Å². The predicted molar refractivity (Wildman–Crippen MR) is 66.1 cm³/mol. The van der Waals surface area contributed by atoms with E-state index >= 15 is 0 Å². The van der Waals surface area contributed by atoms with Gasteiger partial charge in [0.15, 0.2) is 9.84 Å². The largest absolute Gasteiger partial charge is 0.368 e. The first-order valence-corrected chi connectivity index (χ1v) is 7.00. The maximum Gasteiger partial charge on any atom is 0.235 e. The van der Waals surface area contributed by atoms with E-state index in [1.54, 1.807) is 24.3 Å². The van der Waals surface area contributed by atoms with Crippen LogP contribution in [0, 0.1) is 0 Å². The minimum absolute atomic E-state index is 0.256. The molecular formula is C10H13ClN2O3S. The second kappa shape index (κ2) is 5.48. The van der Waals surface area contributed by atoms with E-state index in [1.807, 2.05) is 0 Å². The van der Waals surface area contributed by atoms with Crippen LogP contribution in [0.15, 0.2) is 24.3 Å². The van der Waals surface area contributed by atoms with Gasteiger partial charge >= 0.3 is 0 Å². The summed E-state index contributed by atoms with van der Waals surface area (Å²) >= 11 is 5.84. The number of sulfone groups is 1. The molecule has 0 saturated carbocycles. The summed E-state index contributed by atoms with van der Waals surface area (Å²) in [6.45, 7) is 0. The number of amides is 1. The molecule has 0 spiro atoms. The molecule has 0 radical (unpaired) electrons. The fraction of sp³-hybridized carbons (Fsp3) is 0.300. The standard InChI is InChI=1S/C10H13ClN2O3S/c11-8-4-2-1-3-7(8)5-17(15,16)6-9(12)10(13)14/h1-4,9H,5-6,12H2,(H2,13,14). The number of halogens is 1. The summed E-state index contributed by atoms with van der Waals surface area (Å²) in [6, 6.07) is 5.40. The molecule has 5 nitrogen and oxygen atoms in total. The predicted octanol–water partition coefficient (Wildman–Crippen LogP) is 0.0674. The van der Waals surface area contributed by atoms with E-state index in [4.69, 9.17) is 23.1 Å². The number of nitrogens with two attached hydrogens (primary N) is 2. The number of carbonyl (C=O) groups is 1. The lowest BCUT2D eigenvalue weighted by molar-refractivity contribution is -0.118. The number of hydrogen-bond acceptors (Lipinski definition) is 4. The number of primary amides is 1. The van der Waals surface area contributed by atoms with Gasteiger partial charge in [-0.3, -0.25) is 4.79 Å². The summed E-state index contributed by atoms with van der Waals surface area (Å²) in [6.07, 6.45) is 0. The zero-order chi connectivity index (χ0) is 13.1. The molecule has 0 bridgehead atoms. The highest BCUT2D eigenvalue weighted by Crippen LogP contribution is 2.18. The van der Waals surface area contributed by atoms with E-state index in [1.165, 1.54) is 0 Å². The zero-order valence-electron chi connectivity index (χ0n) is 8.97. The Labute approximate surface area is 105 Å². The lowest BCUT2D eigenvalue weighted by Crippen LogP contribution is -2.42. The SMILES string of the molecule is NC(=O)C(N)CS(=O)(=O)Cc1ccccc1Cl. The van der Waals surface area contributed by atoms with Gasteiger partial charge in [0.25, 0.3) is 0 Å². The Morgan fingerprint density at radius 2 is 1.94 bits per heavy atom. The number of rotatable bonds is 5. The zero-order valence-corrected chi connectivity index (χ0v) is 10.5. The van der Waals surface area contributed by atoms with E-state index in [-0.39, 0.29) is 5.75 Å². The topological polar surface area (TPSA) is 103 Å². The van der Waals surface area contributed by atoms with Crippen LogP contribution < -0.4 is 11.5 Å². The summed E-state index contributed by atoms with van der Waals surface area (Å²) in [5.74, 6) is -1.57. The van der Waals surface area contributed by atoms with Crippen LogP contribution in [-0.4, -0.2) is 26.1 Å². The van der Waals surface area contributed by atoms with Gasteiger partial charge in [0.2, 0.25) is 5.91 Å². The summed E-state index contributed by atoms with van der Waals surface area (Å²) in [5.41, 5.74) is 10.7. The Morgan fingerprint density at radius 3 is 2.47 bits per heavy atom. The minimum atomic E-state index is -3.51. The molecule has 0 aliphatic carbocycles. The van der Waals surface area contributed by atoms with Crippen molar-refractivity contribution in [2.24, 2.45) is 11.5 Å². The third kappa shape index (κ3) is 4.33. The van der Waals surface area contributed by atoms with Crippen molar-refractivity contribution in [3.8, 4) is 0 Å². The molecule has 4 N–H and O–H groups in total. The Bertz CT molecular complexity index is 516. The molecule has 17 heavy (non-hydrogen) atoms. The van der Waals surface area contributed by atoms with E-state index in [9.17, 15) is 13.2 Å². The van der Waals surface area contributed by atoms with E-state index in [0.717, 1.165) is 0 Å². The second-order valence-electron chi connectivity index (χ2n) is 3.65. The van der Waals surface area contributed by atoms with E-state index in [2.05, 4.69) is 0 Å². The smallest absolute Gasteiger partial charge is 0.235 e. The molecule has 0 fully saturated rings. The van der Waals surface area contributed by atoms with Gasteiger partial charge in [0.05, 0.1) is 17.5 Å². The van der Waals surface area contributed by atoms with Crippen LogP contribution in [0.5, 0.6) is 0 Å². The van der Waals surface area contributed by atoms with Gasteiger partial charge in [0, 0.05) is 5.02 Å². The van der Waals surface area contributed by atoms with Crippen molar-refractivity contribution in [1.82, 2.24) is 0 Å². The first kappa shape index (κ1) is 14.0. The summed E-state index contributed by atoms with van der Waals surface area (Å²) in [5, 5.41) is 0.365. The number of carbonyl (C=O) groups excluding carboxylic acids is 1. The Balaban J connectivity index is 2.81. The van der Waals surface area contributed by atoms with Crippen LogP contribution in [0.25, 0.3) is 0 Å². The van der Waals surface area contributed by atoms with Crippen molar-refractivity contribution in [3.05, 3.63) is 34.9 Å². The first-order chi connectivity index (χ1) is 7.82. The summed E-state index contributed by atoms with van der Waals surface area (Å²) in [7, 11) is -3.51. The molecule has 0 aromatic heterocycles. The van der Waals surface area contributed by atoms with Crippen LogP contribution in [0.3, 0.4) is 0 Å². The lowest BCUT2D eigenvalue weighted by atomic mass is 10.2. The summed E-state index contributed by atoms with van der Waals surface area (Å²) in [4.78, 5) is 10.7. The van der Waals surface area contributed by atoms with Crippen molar-refractivity contribution in [1.29, 1.82) is 0 Å². The highest BCUT2D eigenvalue weighted by atomic mass is 35.5. The quantitative estimate of drug-likeness (QED) is 0.794. The van der Waals surface area contributed by atoms with Crippen LogP contribution in [-0.2, 0) is 20.4 Å². The van der Waals surface area contributed by atoms with E-state index in [0.29, 0.717) is 10.6 Å². The monoisotopic (exact) mass is 276 g/mol. The molecule has 94 valence electrons. The van der Waals surface area contributed by atoms with Gasteiger partial charge in [-0.25, -0.2) is 8.42 Å². The lowest BCUT2D eigenvalue weighted by Gasteiger charge is -2.09. The van der Waals surface area contributed by atoms with Crippen molar-refractivity contribution in [2.75, 3.05) is 5.75 Å². The fourth-order valence-corrected chi connectivity index (χ4v) is 3.10. The molecule has 1 rings (SSSR count). The van der Waals surface area contributed by atoms with Crippen LogP contribution in [0.1, 0.15) is 5.56 Å². The molecule has 7 heteroatoms. The Hall–Kier alpha value is -1.11. The molecule has 1 atom stereocenters. The highest BCUT2D eigenvalue weighted by Gasteiger charge is 2.21. The van der Waals surface area contributed by atoms with Crippen molar-refractivity contribution in [3.63, 3.8) is 0 Å².